The van der Waals surface area contributed by atoms with Gasteiger partial charge in [-0.25, -0.2) is 0 Å². The van der Waals surface area contributed by atoms with Gasteiger partial charge in [-0.05, 0) is 46.9 Å². The van der Waals surface area contributed by atoms with Crippen molar-refractivity contribution in [2.24, 2.45) is 5.92 Å². The molecule has 1 heterocycles. The van der Waals surface area contributed by atoms with Crippen LogP contribution in [0.3, 0.4) is 0 Å². The van der Waals surface area contributed by atoms with E-state index in [1.165, 1.54) is 0 Å². The van der Waals surface area contributed by atoms with Crippen molar-refractivity contribution in [2.75, 3.05) is 5.32 Å². The molecule has 0 spiro atoms. The van der Waals surface area contributed by atoms with E-state index < -0.39 is 6.04 Å². The molecule has 4 aromatic carbocycles. The number of fused-ring (bicyclic) bond motifs is 2. The number of para-hydroxylation sites is 1. The standard InChI is InChI=1S/C29H26N2O3/c32-25-16-14-19-8-4-6-12-23(19)27(25)28(20-9-2-1-3-10-20)31-26(33)17-15-22-18-21-11-5-7-13-24(21)30-29(22)34/h1-14,16,22,28,32H,15,17-18H2,(H,30,34)(H,31,33). The first kappa shape index (κ1) is 21.7. The van der Waals surface area contributed by atoms with Gasteiger partial charge in [0.25, 0.3) is 0 Å². The van der Waals surface area contributed by atoms with Crippen molar-refractivity contribution in [3.05, 3.63) is 108 Å². The smallest absolute Gasteiger partial charge is 0.227 e. The third-order valence-electron chi connectivity index (χ3n) is 6.51. The normalized spacial score (nSPS) is 15.9. The van der Waals surface area contributed by atoms with Crippen LogP contribution in [0.25, 0.3) is 10.8 Å². The Hall–Kier alpha value is -4.12. The summed E-state index contributed by atoms with van der Waals surface area (Å²) in [5.41, 5.74) is 3.49. The molecule has 5 rings (SSSR count). The monoisotopic (exact) mass is 450 g/mol. The Bertz CT molecular complexity index is 1350. The molecule has 5 nitrogen and oxygen atoms in total. The number of carbonyl (C=O) groups is 2. The van der Waals surface area contributed by atoms with Crippen LogP contribution in [0.15, 0.2) is 91.0 Å². The van der Waals surface area contributed by atoms with Crippen LogP contribution >= 0.6 is 0 Å². The summed E-state index contributed by atoms with van der Waals surface area (Å²) in [6, 6.07) is 28.3. The zero-order valence-electron chi connectivity index (χ0n) is 18.7. The van der Waals surface area contributed by atoms with Gasteiger partial charge in [0.1, 0.15) is 5.75 Å². The quantitative estimate of drug-likeness (QED) is 0.371. The second kappa shape index (κ2) is 9.40. The van der Waals surface area contributed by atoms with Gasteiger partial charge in [0, 0.05) is 23.6 Å². The van der Waals surface area contributed by atoms with Crippen molar-refractivity contribution < 1.29 is 14.7 Å². The Morgan fingerprint density at radius 2 is 1.68 bits per heavy atom. The van der Waals surface area contributed by atoms with Crippen molar-refractivity contribution >= 4 is 28.3 Å². The van der Waals surface area contributed by atoms with Crippen molar-refractivity contribution in [1.82, 2.24) is 5.32 Å². The molecular weight excluding hydrogens is 424 g/mol. The maximum atomic E-state index is 13.1. The molecule has 0 bridgehead atoms. The highest BCUT2D eigenvalue weighted by Gasteiger charge is 2.27. The predicted octanol–water partition coefficient (Wildman–Crippen LogP) is 5.34. The van der Waals surface area contributed by atoms with Crippen LogP contribution in [0.5, 0.6) is 5.75 Å². The molecule has 0 fully saturated rings. The maximum Gasteiger partial charge on any atom is 0.227 e. The Kier molecular flexibility index (Phi) is 6.00. The van der Waals surface area contributed by atoms with Crippen LogP contribution in [-0.2, 0) is 16.0 Å². The number of carbonyl (C=O) groups excluding carboxylic acids is 2. The van der Waals surface area contributed by atoms with Gasteiger partial charge in [-0.3, -0.25) is 9.59 Å². The summed E-state index contributed by atoms with van der Waals surface area (Å²) in [6.45, 7) is 0. The van der Waals surface area contributed by atoms with Gasteiger partial charge in [0.2, 0.25) is 11.8 Å². The summed E-state index contributed by atoms with van der Waals surface area (Å²) in [7, 11) is 0. The summed E-state index contributed by atoms with van der Waals surface area (Å²) in [6.07, 6.45) is 1.30. The molecule has 5 heteroatoms. The number of hydrogen-bond donors (Lipinski definition) is 3. The lowest BCUT2D eigenvalue weighted by atomic mass is 9.89. The van der Waals surface area contributed by atoms with Gasteiger partial charge in [0.15, 0.2) is 0 Å². The Labute approximate surface area is 198 Å². The van der Waals surface area contributed by atoms with Gasteiger partial charge in [-0.15, -0.1) is 0 Å². The molecule has 2 unspecified atom stereocenters. The molecule has 0 radical (unpaired) electrons. The highest BCUT2D eigenvalue weighted by molar-refractivity contribution is 5.96. The molecule has 170 valence electrons. The van der Waals surface area contributed by atoms with Gasteiger partial charge in [-0.2, -0.15) is 0 Å². The molecule has 34 heavy (non-hydrogen) atoms. The number of nitrogens with one attached hydrogen (secondary N) is 2. The van der Waals surface area contributed by atoms with E-state index in [4.69, 9.17) is 0 Å². The average Bonchev–Trinajstić information content (AvgIpc) is 2.87. The highest BCUT2D eigenvalue weighted by atomic mass is 16.3. The van der Waals surface area contributed by atoms with E-state index in [2.05, 4.69) is 10.6 Å². The summed E-state index contributed by atoms with van der Waals surface area (Å²) in [5, 5.41) is 18.8. The lowest BCUT2D eigenvalue weighted by molar-refractivity contribution is -0.123. The molecular formula is C29H26N2O3. The van der Waals surface area contributed by atoms with Crippen LogP contribution in [0.4, 0.5) is 5.69 Å². The summed E-state index contributed by atoms with van der Waals surface area (Å²) >= 11 is 0. The van der Waals surface area contributed by atoms with Crippen LogP contribution < -0.4 is 10.6 Å². The minimum Gasteiger partial charge on any atom is -0.508 e. The number of benzene rings is 4. The average molecular weight is 451 g/mol. The highest BCUT2D eigenvalue weighted by Crippen LogP contribution is 2.36. The first-order valence-electron chi connectivity index (χ1n) is 11.5. The molecule has 4 aromatic rings. The van der Waals surface area contributed by atoms with E-state index in [9.17, 15) is 14.7 Å². The van der Waals surface area contributed by atoms with Crippen molar-refractivity contribution in [2.45, 2.75) is 25.3 Å². The number of hydrogen-bond acceptors (Lipinski definition) is 3. The van der Waals surface area contributed by atoms with E-state index in [0.29, 0.717) is 18.4 Å². The predicted molar refractivity (Wildman–Crippen MR) is 134 cm³/mol. The zero-order valence-corrected chi connectivity index (χ0v) is 18.7. The van der Waals surface area contributed by atoms with Crippen LogP contribution in [0.1, 0.15) is 35.6 Å². The first-order chi connectivity index (χ1) is 16.6. The summed E-state index contributed by atoms with van der Waals surface area (Å²) in [5.74, 6) is -0.316. The number of phenolic OH excluding ortho intramolecular Hbond substituents is 1. The topological polar surface area (TPSA) is 78.4 Å². The number of rotatable bonds is 6. The minimum absolute atomic E-state index is 0.0437. The Morgan fingerprint density at radius 1 is 0.941 bits per heavy atom. The fourth-order valence-electron chi connectivity index (χ4n) is 4.74. The second-order valence-electron chi connectivity index (χ2n) is 8.72. The largest absolute Gasteiger partial charge is 0.508 e. The zero-order chi connectivity index (χ0) is 23.5. The van der Waals surface area contributed by atoms with E-state index >= 15 is 0 Å². The molecule has 2 amide bonds. The molecule has 0 saturated heterocycles. The molecule has 0 aromatic heterocycles. The van der Waals surface area contributed by atoms with Gasteiger partial charge in [0.05, 0.1) is 6.04 Å². The molecule has 2 atom stereocenters. The lowest BCUT2D eigenvalue weighted by Gasteiger charge is -2.25. The van der Waals surface area contributed by atoms with Crippen LogP contribution in [0, 0.1) is 5.92 Å². The van der Waals surface area contributed by atoms with Gasteiger partial charge < -0.3 is 15.7 Å². The molecule has 1 aliphatic rings. The lowest BCUT2D eigenvalue weighted by Crippen LogP contribution is -2.33. The van der Waals surface area contributed by atoms with Crippen molar-refractivity contribution in [3.63, 3.8) is 0 Å². The molecule has 0 aliphatic carbocycles. The van der Waals surface area contributed by atoms with Gasteiger partial charge >= 0.3 is 0 Å². The summed E-state index contributed by atoms with van der Waals surface area (Å²) < 4.78 is 0. The number of amides is 2. The maximum absolute atomic E-state index is 13.1. The first-order valence-corrected chi connectivity index (χ1v) is 11.5. The fourth-order valence-corrected chi connectivity index (χ4v) is 4.74. The molecule has 3 N–H and O–H groups in total. The van der Waals surface area contributed by atoms with E-state index in [1.54, 1.807) is 6.07 Å². The van der Waals surface area contributed by atoms with Crippen molar-refractivity contribution in [1.29, 1.82) is 0 Å². The second-order valence-corrected chi connectivity index (χ2v) is 8.72. The number of phenols is 1. The van der Waals surface area contributed by atoms with Crippen LogP contribution in [-0.4, -0.2) is 16.9 Å². The molecule has 0 saturated carbocycles. The minimum atomic E-state index is -0.513. The third-order valence-corrected chi connectivity index (χ3v) is 6.51. The number of anilines is 1. The summed E-state index contributed by atoms with van der Waals surface area (Å²) in [4.78, 5) is 25.7. The van der Waals surface area contributed by atoms with Crippen LogP contribution in [0.2, 0.25) is 0 Å². The molecule has 1 aliphatic heterocycles. The van der Waals surface area contributed by atoms with Crippen molar-refractivity contribution in [3.8, 4) is 5.75 Å². The fraction of sp³-hybridized carbons (Fsp3) is 0.172. The SMILES string of the molecule is O=C(CCC1Cc2ccccc2NC1=O)NC(c1ccccc1)c1c(O)ccc2ccccc12. The Morgan fingerprint density at radius 3 is 2.53 bits per heavy atom. The number of aromatic hydroxyl groups is 1. The van der Waals surface area contributed by atoms with E-state index in [0.717, 1.165) is 27.6 Å². The van der Waals surface area contributed by atoms with Gasteiger partial charge in [-0.1, -0.05) is 78.9 Å². The van der Waals surface area contributed by atoms with E-state index in [-0.39, 0.29) is 29.9 Å². The van der Waals surface area contributed by atoms with E-state index in [1.807, 2.05) is 84.9 Å². The third kappa shape index (κ3) is 4.37. The Balaban J connectivity index is 1.38.